The predicted octanol–water partition coefficient (Wildman–Crippen LogP) is 5.25. The van der Waals surface area contributed by atoms with E-state index in [2.05, 4.69) is 10.4 Å². The van der Waals surface area contributed by atoms with Crippen LogP contribution in [-0.4, -0.2) is 22.8 Å². The molecule has 0 saturated carbocycles. The van der Waals surface area contributed by atoms with Crippen molar-refractivity contribution in [2.24, 2.45) is 0 Å². The minimum Gasteiger partial charge on any atom is -0.497 e. The van der Waals surface area contributed by atoms with Gasteiger partial charge in [0.2, 0.25) is 0 Å². The molecule has 0 aliphatic carbocycles. The lowest BCUT2D eigenvalue weighted by Gasteiger charge is -2.09. The fraction of sp³-hybridized carbons (Fsp3) is 0.0833. The number of rotatable bonds is 5. The maximum Gasteiger partial charge on any atom is 0.259 e. The molecule has 0 unspecified atom stereocenters. The van der Waals surface area contributed by atoms with E-state index in [-0.39, 0.29) is 11.7 Å². The number of para-hydroxylation sites is 1. The van der Waals surface area contributed by atoms with Crippen LogP contribution in [0.15, 0.2) is 79.0 Å². The SMILES string of the molecule is COc1cccc(-c2nn(-c3ccccc3)cc2C(=O)Nc2ccc(F)cc2C)c1. The van der Waals surface area contributed by atoms with E-state index in [1.54, 1.807) is 31.0 Å². The average Bonchev–Trinajstić information content (AvgIpc) is 3.22. The monoisotopic (exact) mass is 401 g/mol. The zero-order valence-electron chi connectivity index (χ0n) is 16.6. The van der Waals surface area contributed by atoms with Crippen molar-refractivity contribution in [2.75, 3.05) is 12.4 Å². The van der Waals surface area contributed by atoms with Crippen LogP contribution in [0.4, 0.5) is 10.1 Å². The molecule has 6 heteroatoms. The first kappa shape index (κ1) is 19.4. The third kappa shape index (κ3) is 3.93. The van der Waals surface area contributed by atoms with Gasteiger partial charge in [0.25, 0.3) is 5.91 Å². The molecule has 150 valence electrons. The van der Waals surface area contributed by atoms with Crippen LogP contribution in [0.5, 0.6) is 5.75 Å². The van der Waals surface area contributed by atoms with Crippen molar-refractivity contribution in [1.29, 1.82) is 0 Å². The Morgan fingerprint density at radius 3 is 2.57 bits per heavy atom. The second-order valence-corrected chi connectivity index (χ2v) is 6.82. The second-order valence-electron chi connectivity index (χ2n) is 6.82. The molecule has 5 nitrogen and oxygen atoms in total. The number of amides is 1. The molecule has 30 heavy (non-hydrogen) atoms. The molecule has 0 aliphatic rings. The highest BCUT2D eigenvalue weighted by Crippen LogP contribution is 2.28. The molecule has 0 atom stereocenters. The summed E-state index contributed by atoms with van der Waals surface area (Å²) in [6, 6.07) is 21.2. The van der Waals surface area contributed by atoms with Crippen molar-refractivity contribution in [2.45, 2.75) is 6.92 Å². The largest absolute Gasteiger partial charge is 0.497 e. The fourth-order valence-corrected chi connectivity index (χ4v) is 3.19. The third-order valence-corrected chi connectivity index (χ3v) is 4.76. The van der Waals surface area contributed by atoms with Gasteiger partial charge >= 0.3 is 0 Å². The quantitative estimate of drug-likeness (QED) is 0.497. The summed E-state index contributed by atoms with van der Waals surface area (Å²) in [5, 5.41) is 7.53. The van der Waals surface area contributed by atoms with E-state index in [1.807, 2.05) is 54.6 Å². The van der Waals surface area contributed by atoms with E-state index in [9.17, 15) is 9.18 Å². The highest BCUT2D eigenvalue weighted by atomic mass is 19.1. The molecule has 1 amide bonds. The second kappa shape index (κ2) is 8.21. The van der Waals surface area contributed by atoms with E-state index in [0.717, 1.165) is 11.3 Å². The number of nitrogens with zero attached hydrogens (tertiary/aromatic N) is 2. The van der Waals surface area contributed by atoms with Gasteiger partial charge in [-0.05, 0) is 55.0 Å². The standard InChI is InChI=1S/C24H20FN3O2/c1-16-13-18(25)11-12-22(16)26-24(29)21-15-28(19-8-4-3-5-9-19)27-23(21)17-7-6-10-20(14-17)30-2/h3-15H,1-2H3,(H,26,29). The summed E-state index contributed by atoms with van der Waals surface area (Å²) in [5.74, 6) is -0.00771. The third-order valence-electron chi connectivity index (χ3n) is 4.76. The maximum absolute atomic E-state index is 13.4. The van der Waals surface area contributed by atoms with Crippen LogP contribution in [0.3, 0.4) is 0 Å². The summed E-state index contributed by atoms with van der Waals surface area (Å²) in [6.45, 7) is 1.75. The predicted molar refractivity (Wildman–Crippen MR) is 115 cm³/mol. The lowest BCUT2D eigenvalue weighted by atomic mass is 10.1. The van der Waals surface area contributed by atoms with Crippen molar-refractivity contribution in [1.82, 2.24) is 9.78 Å². The molecule has 0 spiro atoms. The fourth-order valence-electron chi connectivity index (χ4n) is 3.19. The van der Waals surface area contributed by atoms with Crippen LogP contribution in [-0.2, 0) is 0 Å². The van der Waals surface area contributed by atoms with Gasteiger partial charge in [-0.3, -0.25) is 4.79 Å². The van der Waals surface area contributed by atoms with E-state index in [0.29, 0.717) is 28.3 Å². The molecule has 0 saturated heterocycles. The minimum absolute atomic E-state index is 0.329. The van der Waals surface area contributed by atoms with Gasteiger partial charge in [0.05, 0.1) is 18.4 Å². The summed E-state index contributed by atoms with van der Waals surface area (Å²) in [6.07, 6.45) is 1.69. The summed E-state index contributed by atoms with van der Waals surface area (Å²) in [4.78, 5) is 13.2. The lowest BCUT2D eigenvalue weighted by molar-refractivity contribution is 0.102. The molecule has 0 radical (unpaired) electrons. The number of halogens is 1. The first-order valence-corrected chi connectivity index (χ1v) is 9.42. The first-order chi connectivity index (χ1) is 14.5. The molecule has 1 aromatic heterocycles. The van der Waals surface area contributed by atoms with Crippen molar-refractivity contribution < 1.29 is 13.9 Å². The molecule has 0 fully saturated rings. The molecule has 0 bridgehead atoms. The normalized spacial score (nSPS) is 10.6. The van der Waals surface area contributed by atoms with Gasteiger partial charge < -0.3 is 10.1 Å². The lowest BCUT2D eigenvalue weighted by Crippen LogP contribution is -2.13. The zero-order chi connectivity index (χ0) is 21.1. The number of aryl methyl sites for hydroxylation is 1. The van der Waals surface area contributed by atoms with Gasteiger partial charge in [-0.1, -0.05) is 30.3 Å². The van der Waals surface area contributed by atoms with Crippen molar-refractivity contribution >= 4 is 11.6 Å². The Morgan fingerprint density at radius 2 is 1.83 bits per heavy atom. The van der Waals surface area contributed by atoms with E-state index in [4.69, 9.17) is 4.74 Å². The van der Waals surface area contributed by atoms with E-state index in [1.165, 1.54) is 12.1 Å². The van der Waals surface area contributed by atoms with Crippen molar-refractivity contribution in [3.05, 3.63) is 95.9 Å². The maximum atomic E-state index is 13.4. The number of nitrogens with one attached hydrogen (secondary N) is 1. The number of carbonyl (C=O) groups excluding carboxylic acids is 1. The molecule has 1 heterocycles. The van der Waals surface area contributed by atoms with Gasteiger partial charge in [-0.25, -0.2) is 9.07 Å². The molecule has 0 aliphatic heterocycles. The number of carbonyl (C=O) groups is 1. The van der Waals surface area contributed by atoms with Crippen molar-refractivity contribution in [3.63, 3.8) is 0 Å². The molecule has 4 rings (SSSR count). The van der Waals surface area contributed by atoms with Gasteiger partial charge in [0, 0.05) is 17.4 Å². The number of hydrogen-bond acceptors (Lipinski definition) is 3. The average molecular weight is 401 g/mol. The molecule has 3 aromatic carbocycles. The Balaban J connectivity index is 1.78. The van der Waals surface area contributed by atoms with Crippen LogP contribution >= 0.6 is 0 Å². The summed E-state index contributed by atoms with van der Waals surface area (Å²) in [7, 11) is 1.59. The van der Waals surface area contributed by atoms with Crippen molar-refractivity contribution in [3.8, 4) is 22.7 Å². The number of benzene rings is 3. The number of methoxy groups -OCH3 is 1. The smallest absolute Gasteiger partial charge is 0.259 e. The number of aromatic nitrogens is 2. The van der Waals surface area contributed by atoms with E-state index >= 15 is 0 Å². The first-order valence-electron chi connectivity index (χ1n) is 9.42. The Kier molecular flexibility index (Phi) is 5.30. The van der Waals surface area contributed by atoms with Crippen LogP contribution in [0.1, 0.15) is 15.9 Å². The number of hydrogen-bond donors (Lipinski definition) is 1. The Morgan fingerprint density at radius 1 is 1.03 bits per heavy atom. The minimum atomic E-state index is -0.348. The van der Waals surface area contributed by atoms with Gasteiger partial charge in [-0.15, -0.1) is 0 Å². The summed E-state index contributed by atoms with van der Waals surface area (Å²) >= 11 is 0. The van der Waals surface area contributed by atoms with E-state index < -0.39 is 0 Å². The van der Waals surface area contributed by atoms with Crippen LogP contribution in [0, 0.1) is 12.7 Å². The van der Waals surface area contributed by atoms with Crippen LogP contribution in [0.25, 0.3) is 16.9 Å². The molecular formula is C24H20FN3O2. The molecular weight excluding hydrogens is 381 g/mol. The van der Waals surface area contributed by atoms with Crippen LogP contribution in [0.2, 0.25) is 0 Å². The summed E-state index contributed by atoms with van der Waals surface area (Å²) < 4.78 is 20.4. The number of anilines is 1. The van der Waals surface area contributed by atoms with Gasteiger partial charge in [0.1, 0.15) is 17.3 Å². The van der Waals surface area contributed by atoms with Gasteiger partial charge in [-0.2, -0.15) is 5.10 Å². The Hall–Kier alpha value is -3.93. The molecule has 4 aromatic rings. The zero-order valence-corrected chi connectivity index (χ0v) is 16.6. The topological polar surface area (TPSA) is 56.2 Å². The number of ether oxygens (including phenoxy) is 1. The highest BCUT2D eigenvalue weighted by Gasteiger charge is 2.20. The molecule has 1 N–H and O–H groups in total. The highest BCUT2D eigenvalue weighted by molar-refractivity contribution is 6.08. The Bertz CT molecular complexity index is 1200. The summed E-state index contributed by atoms with van der Waals surface area (Å²) in [5.41, 5.74) is 3.70. The van der Waals surface area contributed by atoms with Gasteiger partial charge in [0.15, 0.2) is 0 Å². The van der Waals surface area contributed by atoms with Crippen LogP contribution < -0.4 is 10.1 Å². The Labute approximate surface area is 173 Å².